The number of carbonyl (C=O) groups is 1. The molecule has 3 rings (SSSR count). The molecule has 12 heteroatoms. The Bertz CT molecular complexity index is 1340. The van der Waals surface area contributed by atoms with Gasteiger partial charge in [0, 0.05) is 50.0 Å². The standard InChI is InChI=1S/C27H39N5O7/c1-17-11-23(39-19(15-35-5)16-36-6)29-32-25(17)30-31(26(32)28)14-21(34)18-12-20(27(2,3)4)24(37-7)22(13-18)38-10-8-9-33/h11-13,19,28,33H,8-10,14-16H2,1-7H3. The van der Waals surface area contributed by atoms with Crippen LogP contribution in [-0.4, -0.2) is 84.1 Å². The fraction of sp³-hybridized carbons (Fsp3) is 0.556. The van der Waals surface area contributed by atoms with Crippen molar-refractivity contribution in [2.45, 2.75) is 52.2 Å². The number of carbonyl (C=O) groups excluding carboxylic acids is 1. The van der Waals surface area contributed by atoms with Gasteiger partial charge < -0.3 is 28.8 Å². The van der Waals surface area contributed by atoms with Crippen molar-refractivity contribution in [2.75, 3.05) is 47.8 Å². The minimum absolute atomic E-state index is 0.0104. The highest BCUT2D eigenvalue weighted by Gasteiger charge is 2.25. The molecule has 0 spiro atoms. The minimum Gasteiger partial charge on any atom is -0.493 e. The number of ketones is 1. The molecular formula is C27H39N5O7. The van der Waals surface area contributed by atoms with Crippen molar-refractivity contribution in [3.63, 3.8) is 0 Å². The molecule has 39 heavy (non-hydrogen) atoms. The maximum absolute atomic E-state index is 13.5. The first-order valence-electron chi connectivity index (χ1n) is 12.7. The van der Waals surface area contributed by atoms with E-state index in [2.05, 4.69) is 10.2 Å². The van der Waals surface area contributed by atoms with Gasteiger partial charge in [0.1, 0.15) is 12.6 Å². The van der Waals surface area contributed by atoms with E-state index in [1.165, 1.54) is 9.20 Å². The number of hydrogen-bond donors (Lipinski definition) is 2. The summed E-state index contributed by atoms with van der Waals surface area (Å²) in [6.45, 7) is 8.60. The number of ether oxygens (including phenoxy) is 5. The summed E-state index contributed by atoms with van der Waals surface area (Å²) in [7, 11) is 4.70. The van der Waals surface area contributed by atoms with Crippen molar-refractivity contribution in [1.29, 1.82) is 5.41 Å². The van der Waals surface area contributed by atoms with Crippen LogP contribution in [0.15, 0.2) is 18.2 Å². The Labute approximate surface area is 227 Å². The first-order valence-corrected chi connectivity index (χ1v) is 12.7. The van der Waals surface area contributed by atoms with Gasteiger partial charge in [0.2, 0.25) is 11.5 Å². The highest BCUT2D eigenvalue weighted by atomic mass is 16.6. The van der Waals surface area contributed by atoms with E-state index >= 15 is 0 Å². The molecule has 2 heterocycles. The maximum Gasteiger partial charge on any atom is 0.242 e. The lowest BCUT2D eigenvalue weighted by Gasteiger charge is -2.25. The van der Waals surface area contributed by atoms with Crippen LogP contribution in [0.3, 0.4) is 0 Å². The van der Waals surface area contributed by atoms with Crippen LogP contribution in [0.25, 0.3) is 5.65 Å². The summed E-state index contributed by atoms with van der Waals surface area (Å²) in [5.41, 5.74) is 1.96. The van der Waals surface area contributed by atoms with Crippen molar-refractivity contribution >= 4 is 11.4 Å². The Balaban J connectivity index is 1.96. The van der Waals surface area contributed by atoms with Crippen LogP contribution in [-0.2, 0) is 21.4 Å². The summed E-state index contributed by atoms with van der Waals surface area (Å²) < 4.78 is 30.4. The fourth-order valence-corrected chi connectivity index (χ4v) is 4.07. The van der Waals surface area contributed by atoms with Crippen molar-refractivity contribution in [3.8, 4) is 17.4 Å². The van der Waals surface area contributed by atoms with Crippen molar-refractivity contribution in [3.05, 3.63) is 40.5 Å². The molecule has 0 saturated carbocycles. The molecule has 0 unspecified atom stereocenters. The summed E-state index contributed by atoms with van der Waals surface area (Å²) in [4.78, 5) is 13.5. The monoisotopic (exact) mass is 545 g/mol. The summed E-state index contributed by atoms with van der Waals surface area (Å²) in [6, 6.07) is 5.15. The van der Waals surface area contributed by atoms with E-state index < -0.39 is 0 Å². The van der Waals surface area contributed by atoms with E-state index in [9.17, 15) is 4.79 Å². The van der Waals surface area contributed by atoms with Crippen LogP contribution in [0.2, 0.25) is 0 Å². The number of hydrogen-bond acceptors (Lipinski definition) is 10. The van der Waals surface area contributed by atoms with Crippen LogP contribution in [0, 0.1) is 12.3 Å². The van der Waals surface area contributed by atoms with Crippen molar-refractivity contribution in [2.24, 2.45) is 0 Å². The lowest BCUT2D eigenvalue weighted by atomic mass is 9.84. The third-order valence-corrected chi connectivity index (χ3v) is 5.99. The number of aryl methyl sites for hydroxylation is 1. The molecule has 0 aliphatic rings. The van der Waals surface area contributed by atoms with Gasteiger partial charge in [-0.15, -0.1) is 10.2 Å². The Hall–Kier alpha value is -3.48. The van der Waals surface area contributed by atoms with Gasteiger partial charge >= 0.3 is 0 Å². The number of nitrogens with one attached hydrogen (secondary N) is 1. The van der Waals surface area contributed by atoms with E-state index in [0.717, 1.165) is 11.1 Å². The Kier molecular flexibility index (Phi) is 10.1. The smallest absolute Gasteiger partial charge is 0.242 e. The molecule has 3 aromatic rings. The van der Waals surface area contributed by atoms with Crippen LogP contribution in [0.5, 0.6) is 17.4 Å². The molecular weight excluding hydrogens is 506 g/mol. The van der Waals surface area contributed by atoms with Gasteiger partial charge in [0.15, 0.2) is 22.9 Å². The first-order chi connectivity index (χ1) is 18.5. The van der Waals surface area contributed by atoms with Gasteiger partial charge in [-0.2, -0.15) is 4.52 Å². The second kappa shape index (κ2) is 13.0. The van der Waals surface area contributed by atoms with Crippen LogP contribution in [0.4, 0.5) is 0 Å². The molecule has 0 aliphatic heterocycles. The van der Waals surface area contributed by atoms with E-state index in [0.29, 0.717) is 42.3 Å². The average molecular weight is 546 g/mol. The maximum atomic E-state index is 13.5. The van der Waals surface area contributed by atoms with E-state index in [-0.39, 0.29) is 48.6 Å². The molecule has 0 saturated heterocycles. The van der Waals surface area contributed by atoms with E-state index in [4.69, 9.17) is 34.2 Å². The summed E-state index contributed by atoms with van der Waals surface area (Å²) in [5, 5.41) is 26.7. The Morgan fingerprint density at radius 3 is 2.38 bits per heavy atom. The number of Topliss-reactive ketones (excluding diaryl/α,β-unsaturated/α-hetero) is 1. The molecule has 0 radical (unpaired) electrons. The second-order valence-electron chi connectivity index (χ2n) is 10.2. The second-order valence-corrected chi connectivity index (χ2v) is 10.2. The van der Waals surface area contributed by atoms with Crippen molar-refractivity contribution in [1.82, 2.24) is 19.4 Å². The third-order valence-electron chi connectivity index (χ3n) is 5.99. The predicted octanol–water partition coefficient (Wildman–Crippen LogP) is 2.31. The van der Waals surface area contributed by atoms with E-state index in [1.807, 2.05) is 27.7 Å². The zero-order valence-electron chi connectivity index (χ0n) is 23.7. The summed E-state index contributed by atoms with van der Waals surface area (Å²) >= 11 is 0. The number of nitrogens with zero attached hydrogens (tertiary/aromatic N) is 4. The van der Waals surface area contributed by atoms with Crippen LogP contribution in [0.1, 0.15) is 48.7 Å². The molecule has 12 nitrogen and oxygen atoms in total. The molecule has 214 valence electrons. The van der Waals surface area contributed by atoms with Gasteiger partial charge in [-0.3, -0.25) is 10.2 Å². The molecule has 0 fully saturated rings. The molecule has 2 aromatic heterocycles. The number of fused-ring (bicyclic) bond motifs is 1. The Morgan fingerprint density at radius 1 is 1.10 bits per heavy atom. The van der Waals surface area contributed by atoms with Crippen LogP contribution < -0.4 is 19.8 Å². The largest absolute Gasteiger partial charge is 0.493 e. The van der Waals surface area contributed by atoms with Crippen LogP contribution >= 0.6 is 0 Å². The minimum atomic E-state index is -0.378. The highest BCUT2D eigenvalue weighted by Crippen LogP contribution is 2.40. The zero-order valence-corrected chi connectivity index (χ0v) is 23.7. The normalized spacial score (nSPS) is 11.8. The molecule has 0 atom stereocenters. The van der Waals surface area contributed by atoms with Gasteiger partial charge in [0.25, 0.3) is 0 Å². The highest BCUT2D eigenvalue weighted by molar-refractivity contribution is 5.97. The molecule has 2 N–H and O–H groups in total. The van der Waals surface area contributed by atoms with E-state index in [1.54, 1.807) is 39.5 Å². The first kappa shape index (κ1) is 30.1. The fourth-order valence-electron chi connectivity index (χ4n) is 4.07. The average Bonchev–Trinajstić information content (AvgIpc) is 3.19. The number of aliphatic hydroxyl groups excluding tert-OH is 1. The van der Waals surface area contributed by atoms with Crippen molar-refractivity contribution < 1.29 is 33.6 Å². The number of aliphatic hydroxyl groups is 1. The van der Waals surface area contributed by atoms with Gasteiger partial charge in [-0.05, 0) is 24.5 Å². The van der Waals surface area contributed by atoms with Gasteiger partial charge in [-0.1, -0.05) is 20.8 Å². The quantitative estimate of drug-likeness (QED) is 0.230. The third kappa shape index (κ3) is 7.14. The molecule has 0 bridgehead atoms. The number of aromatic nitrogens is 4. The SMILES string of the molecule is COCC(COC)Oc1cc(C)c2nn(CC(=O)c3cc(OCCCO)c(OC)c(C(C)(C)C)c3)c(=N)n2n1. The predicted molar refractivity (Wildman–Crippen MR) is 143 cm³/mol. The molecule has 1 aromatic carbocycles. The summed E-state index contributed by atoms with van der Waals surface area (Å²) in [5.74, 6) is 1.00. The number of benzene rings is 1. The zero-order chi connectivity index (χ0) is 28.7. The summed E-state index contributed by atoms with van der Waals surface area (Å²) in [6.07, 6.45) is 0.0675. The lowest BCUT2D eigenvalue weighted by molar-refractivity contribution is 0.0214. The number of rotatable bonds is 14. The number of methoxy groups -OCH3 is 3. The van der Waals surface area contributed by atoms with Gasteiger partial charge in [-0.25, -0.2) is 4.68 Å². The molecule has 0 aliphatic carbocycles. The topological polar surface area (TPSA) is 142 Å². The van der Waals surface area contributed by atoms with Gasteiger partial charge in [0.05, 0.1) is 26.9 Å². The molecule has 0 amide bonds. The lowest BCUT2D eigenvalue weighted by Crippen LogP contribution is -2.29. The Morgan fingerprint density at radius 2 is 1.79 bits per heavy atom.